The number of hydrogen-bond donors (Lipinski definition) is 0. The molecule has 6 heteroatoms. The number of hydrogen-bond acceptors (Lipinski definition) is 4. The van der Waals surface area contributed by atoms with Crippen LogP contribution in [0.5, 0.6) is 0 Å². The van der Waals surface area contributed by atoms with Gasteiger partial charge in [-0.05, 0) is 60.8 Å². The molecule has 0 N–H and O–H groups in total. The maximum atomic E-state index is 13.0. The molecule has 1 aromatic carbocycles. The minimum absolute atomic E-state index is 0.0221. The van der Waals surface area contributed by atoms with Crippen LogP contribution in [-0.2, 0) is 14.9 Å². The van der Waals surface area contributed by atoms with Crippen LogP contribution in [0, 0.1) is 6.92 Å². The smallest absolute Gasteiger partial charge is 0.272 e. The van der Waals surface area contributed by atoms with E-state index in [1.807, 2.05) is 28.9 Å². The number of aryl methyl sites for hydroxylation is 1. The van der Waals surface area contributed by atoms with Crippen LogP contribution in [0.15, 0.2) is 42.5 Å². The second-order valence-corrected chi connectivity index (χ2v) is 9.42. The fourth-order valence-electron chi connectivity index (χ4n) is 5.80. The maximum absolute atomic E-state index is 13.0. The van der Waals surface area contributed by atoms with Gasteiger partial charge < -0.3 is 14.5 Å². The molecule has 1 spiro atoms. The number of piperidine rings is 1. The number of pyridine rings is 1. The number of amides is 2. The van der Waals surface area contributed by atoms with E-state index in [4.69, 9.17) is 4.74 Å². The molecule has 1 aromatic heterocycles. The lowest BCUT2D eigenvalue weighted by molar-refractivity contribution is -0.135. The Morgan fingerprint density at radius 1 is 1.00 bits per heavy atom. The van der Waals surface area contributed by atoms with Crippen LogP contribution in [0.3, 0.4) is 0 Å². The molecule has 5 rings (SSSR count). The molecule has 3 aliphatic rings. The summed E-state index contributed by atoms with van der Waals surface area (Å²) in [7, 11) is 0. The molecule has 3 heterocycles. The van der Waals surface area contributed by atoms with Crippen molar-refractivity contribution in [2.75, 3.05) is 39.4 Å². The summed E-state index contributed by atoms with van der Waals surface area (Å²) < 4.78 is 5.40. The summed E-state index contributed by atoms with van der Waals surface area (Å²) >= 11 is 0. The first-order valence-electron chi connectivity index (χ1n) is 11.7. The molecule has 1 aliphatic carbocycles. The van der Waals surface area contributed by atoms with Crippen LogP contribution >= 0.6 is 0 Å². The summed E-state index contributed by atoms with van der Waals surface area (Å²) in [5, 5.41) is 0. The van der Waals surface area contributed by atoms with Crippen LogP contribution < -0.4 is 0 Å². The van der Waals surface area contributed by atoms with Gasteiger partial charge in [-0.25, -0.2) is 4.98 Å². The zero-order valence-corrected chi connectivity index (χ0v) is 18.8. The van der Waals surface area contributed by atoms with E-state index < -0.39 is 0 Å². The largest absolute Gasteiger partial charge is 0.378 e. The van der Waals surface area contributed by atoms with Crippen molar-refractivity contribution >= 4 is 11.8 Å². The Balaban J connectivity index is 1.30. The molecule has 32 heavy (non-hydrogen) atoms. The Kier molecular flexibility index (Phi) is 5.72. The number of rotatable bonds is 3. The summed E-state index contributed by atoms with van der Waals surface area (Å²) in [5.74, 6) is 0.513. The maximum Gasteiger partial charge on any atom is 0.272 e. The summed E-state index contributed by atoms with van der Waals surface area (Å²) in [6.07, 6.45) is 3.43. The predicted molar refractivity (Wildman–Crippen MR) is 122 cm³/mol. The van der Waals surface area contributed by atoms with Crippen LogP contribution in [0.2, 0.25) is 0 Å². The van der Waals surface area contributed by atoms with Crippen LogP contribution in [0.4, 0.5) is 0 Å². The number of likely N-dealkylation sites (tertiary alicyclic amines) is 1. The van der Waals surface area contributed by atoms with Gasteiger partial charge in [-0.2, -0.15) is 0 Å². The van der Waals surface area contributed by atoms with E-state index in [-0.39, 0.29) is 23.1 Å². The highest BCUT2D eigenvalue weighted by Crippen LogP contribution is 2.52. The lowest BCUT2D eigenvalue weighted by Gasteiger charge is -2.40. The molecule has 0 saturated carbocycles. The average molecular weight is 434 g/mol. The van der Waals surface area contributed by atoms with Crippen molar-refractivity contribution in [3.05, 3.63) is 65.0 Å². The third kappa shape index (κ3) is 3.92. The highest BCUT2D eigenvalue weighted by Gasteiger charge is 2.46. The normalized spacial score (nSPS) is 22.1. The van der Waals surface area contributed by atoms with E-state index in [0.29, 0.717) is 38.4 Å². The number of nitrogens with zero attached hydrogens (tertiary/aromatic N) is 3. The molecule has 2 saturated heterocycles. The van der Waals surface area contributed by atoms with E-state index in [2.05, 4.69) is 29.2 Å². The zero-order chi connectivity index (χ0) is 22.1. The van der Waals surface area contributed by atoms with Crippen LogP contribution in [0.1, 0.15) is 58.9 Å². The van der Waals surface area contributed by atoms with E-state index in [0.717, 1.165) is 38.0 Å². The molecule has 0 bridgehead atoms. The Bertz CT molecular complexity index is 1010. The molecule has 2 amide bonds. The Hall–Kier alpha value is -2.73. The predicted octanol–water partition coefficient (Wildman–Crippen LogP) is 3.30. The highest BCUT2D eigenvalue weighted by molar-refractivity contribution is 5.92. The third-order valence-corrected chi connectivity index (χ3v) is 7.51. The van der Waals surface area contributed by atoms with Gasteiger partial charge in [0.05, 0.1) is 13.2 Å². The van der Waals surface area contributed by atoms with Crippen LogP contribution in [-0.4, -0.2) is 66.0 Å². The summed E-state index contributed by atoms with van der Waals surface area (Å²) in [6.45, 7) is 6.04. The Labute approximate surface area is 189 Å². The SMILES string of the molecule is Cc1cccc(C(=O)N2CCC3(CC2)C[C@@H](CC(=O)N2CCOCC2)c2ccccc23)n1. The van der Waals surface area contributed by atoms with Gasteiger partial charge in [0.1, 0.15) is 5.69 Å². The van der Waals surface area contributed by atoms with E-state index >= 15 is 0 Å². The van der Waals surface area contributed by atoms with E-state index in [1.165, 1.54) is 11.1 Å². The highest BCUT2D eigenvalue weighted by atomic mass is 16.5. The molecule has 1 atom stereocenters. The Morgan fingerprint density at radius 3 is 2.50 bits per heavy atom. The first-order valence-corrected chi connectivity index (χ1v) is 11.7. The minimum atomic E-state index is 0.0221. The van der Waals surface area contributed by atoms with Gasteiger partial charge in [-0.1, -0.05) is 30.3 Å². The number of carbonyl (C=O) groups is 2. The monoisotopic (exact) mass is 433 g/mol. The molecule has 0 unspecified atom stereocenters. The van der Waals surface area contributed by atoms with Gasteiger partial charge in [-0.15, -0.1) is 0 Å². The molecule has 168 valence electrons. The number of aromatic nitrogens is 1. The summed E-state index contributed by atoms with van der Waals surface area (Å²) in [4.78, 5) is 34.3. The number of morpholine rings is 1. The standard InChI is InChI=1S/C26H31N3O3/c1-19-5-4-8-23(27-19)25(31)29-11-9-26(10-12-29)18-20(21-6-2-3-7-22(21)26)17-24(30)28-13-15-32-16-14-28/h2-8,20H,9-18H2,1H3/t20-/m1/s1. The van der Waals surface area contributed by atoms with Gasteiger partial charge in [0.15, 0.2) is 0 Å². The molecule has 2 aromatic rings. The number of fused-ring (bicyclic) bond motifs is 2. The molecule has 2 fully saturated rings. The van der Waals surface area contributed by atoms with Gasteiger partial charge in [0.25, 0.3) is 5.91 Å². The second-order valence-electron chi connectivity index (χ2n) is 9.42. The van der Waals surface area contributed by atoms with Crippen molar-refractivity contribution in [1.29, 1.82) is 0 Å². The number of benzene rings is 1. The quantitative estimate of drug-likeness (QED) is 0.745. The molecule has 2 aliphatic heterocycles. The van der Waals surface area contributed by atoms with Crippen molar-refractivity contribution in [3.8, 4) is 0 Å². The molecular formula is C26H31N3O3. The van der Waals surface area contributed by atoms with Crippen molar-refractivity contribution in [1.82, 2.24) is 14.8 Å². The molecular weight excluding hydrogens is 402 g/mol. The lowest BCUT2D eigenvalue weighted by atomic mass is 9.73. The first-order chi connectivity index (χ1) is 15.6. The first kappa shape index (κ1) is 21.1. The fraction of sp³-hybridized carbons (Fsp3) is 0.500. The van der Waals surface area contributed by atoms with Crippen molar-refractivity contribution < 1.29 is 14.3 Å². The molecule has 6 nitrogen and oxygen atoms in total. The van der Waals surface area contributed by atoms with E-state index in [9.17, 15) is 9.59 Å². The van der Waals surface area contributed by atoms with Crippen molar-refractivity contribution in [3.63, 3.8) is 0 Å². The van der Waals surface area contributed by atoms with Gasteiger partial charge >= 0.3 is 0 Å². The average Bonchev–Trinajstić information content (AvgIpc) is 3.12. The topological polar surface area (TPSA) is 62.7 Å². The Morgan fingerprint density at radius 2 is 1.75 bits per heavy atom. The summed E-state index contributed by atoms with van der Waals surface area (Å²) in [5.41, 5.74) is 4.17. The van der Waals surface area contributed by atoms with Crippen molar-refractivity contribution in [2.24, 2.45) is 0 Å². The summed E-state index contributed by atoms with van der Waals surface area (Å²) in [6, 6.07) is 14.3. The molecule has 0 radical (unpaired) electrons. The fourth-order valence-corrected chi connectivity index (χ4v) is 5.80. The van der Waals surface area contributed by atoms with Gasteiger partial charge in [0.2, 0.25) is 5.91 Å². The lowest BCUT2D eigenvalue weighted by Crippen LogP contribution is -2.44. The van der Waals surface area contributed by atoms with E-state index in [1.54, 1.807) is 6.07 Å². The van der Waals surface area contributed by atoms with Gasteiger partial charge in [-0.3, -0.25) is 9.59 Å². The number of ether oxygens (including phenoxy) is 1. The van der Waals surface area contributed by atoms with Crippen molar-refractivity contribution in [2.45, 2.75) is 43.9 Å². The minimum Gasteiger partial charge on any atom is -0.378 e. The van der Waals surface area contributed by atoms with Crippen LogP contribution in [0.25, 0.3) is 0 Å². The van der Waals surface area contributed by atoms with Gasteiger partial charge in [0, 0.05) is 38.3 Å². The second kappa shape index (κ2) is 8.66. The third-order valence-electron chi connectivity index (χ3n) is 7.51. The number of carbonyl (C=O) groups excluding carboxylic acids is 2. The zero-order valence-electron chi connectivity index (χ0n) is 18.8.